The highest BCUT2D eigenvalue weighted by Crippen LogP contribution is 2.16. The first-order chi connectivity index (χ1) is 11.0. The Labute approximate surface area is 144 Å². The summed E-state index contributed by atoms with van der Waals surface area (Å²) in [6.45, 7) is 10.9. The van der Waals surface area contributed by atoms with Crippen LogP contribution in [0.5, 0.6) is 0 Å². The van der Waals surface area contributed by atoms with E-state index in [1.54, 1.807) is 7.11 Å². The van der Waals surface area contributed by atoms with Gasteiger partial charge in [0.15, 0.2) is 5.11 Å². The molecule has 2 heterocycles. The van der Waals surface area contributed by atoms with Crippen LogP contribution in [0, 0.1) is 13.8 Å². The van der Waals surface area contributed by atoms with Gasteiger partial charge in [0.25, 0.3) is 0 Å². The third-order valence-corrected chi connectivity index (χ3v) is 4.90. The predicted octanol–water partition coefficient (Wildman–Crippen LogP) is 1.07. The summed E-state index contributed by atoms with van der Waals surface area (Å²) in [6.07, 6.45) is 0.982. The molecule has 23 heavy (non-hydrogen) atoms. The van der Waals surface area contributed by atoms with Crippen LogP contribution in [-0.2, 0) is 18.3 Å². The number of hydrogen-bond donors (Lipinski definition) is 1. The van der Waals surface area contributed by atoms with E-state index in [2.05, 4.69) is 34.1 Å². The Morgan fingerprint density at radius 2 is 1.96 bits per heavy atom. The molecule has 6 nitrogen and oxygen atoms in total. The van der Waals surface area contributed by atoms with Crippen LogP contribution < -0.4 is 5.32 Å². The Morgan fingerprint density at radius 3 is 2.52 bits per heavy atom. The lowest BCUT2D eigenvalue weighted by Gasteiger charge is -2.36. The van der Waals surface area contributed by atoms with Gasteiger partial charge in [-0.15, -0.1) is 0 Å². The van der Waals surface area contributed by atoms with Crippen LogP contribution in [0.25, 0.3) is 0 Å². The maximum atomic E-state index is 5.48. The number of ether oxygens (including phenoxy) is 1. The molecule has 0 amide bonds. The van der Waals surface area contributed by atoms with Crippen molar-refractivity contribution in [2.45, 2.75) is 26.8 Å². The molecule has 0 aliphatic carbocycles. The number of nitrogens with one attached hydrogen (secondary N) is 1. The van der Waals surface area contributed by atoms with E-state index >= 15 is 0 Å². The minimum atomic E-state index is 0.771. The number of nitrogens with zero attached hydrogens (tertiary/aromatic N) is 4. The monoisotopic (exact) mass is 339 g/mol. The number of piperazine rings is 1. The Balaban J connectivity index is 1.76. The zero-order chi connectivity index (χ0) is 16.8. The van der Waals surface area contributed by atoms with Gasteiger partial charge < -0.3 is 15.0 Å². The minimum absolute atomic E-state index is 0.771. The van der Waals surface area contributed by atoms with Gasteiger partial charge in [-0.1, -0.05) is 0 Å². The Bertz CT molecular complexity index is 523. The lowest BCUT2D eigenvalue weighted by Crippen LogP contribution is -2.51. The summed E-state index contributed by atoms with van der Waals surface area (Å²) in [5, 5.41) is 8.70. The third-order valence-electron chi connectivity index (χ3n) is 4.50. The predicted molar refractivity (Wildman–Crippen MR) is 96.6 cm³/mol. The van der Waals surface area contributed by atoms with Crippen LogP contribution in [0.3, 0.4) is 0 Å². The molecular weight excluding hydrogens is 310 g/mol. The van der Waals surface area contributed by atoms with Crippen LogP contribution >= 0.6 is 12.2 Å². The van der Waals surface area contributed by atoms with Crippen LogP contribution in [0.2, 0.25) is 0 Å². The summed E-state index contributed by atoms with van der Waals surface area (Å²) < 4.78 is 7.02. The second-order valence-corrected chi connectivity index (χ2v) is 6.50. The topological polar surface area (TPSA) is 45.6 Å². The summed E-state index contributed by atoms with van der Waals surface area (Å²) in [4.78, 5) is 4.75. The number of rotatable bonds is 6. The first-order valence-electron chi connectivity index (χ1n) is 8.26. The van der Waals surface area contributed by atoms with E-state index in [4.69, 9.17) is 17.0 Å². The SMILES string of the molecule is COCCCNC(=S)N1CCN(Cc2c(C)nn(C)c2C)CC1. The van der Waals surface area contributed by atoms with Gasteiger partial charge in [-0.25, -0.2) is 0 Å². The van der Waals surface area contributed by atoms with Gasteiger partial charge in [0.05, 0.1) is 5.69 Å². The van der Waals surface area contributed by atoms with Crippen molar-refractivity contribution in [3.05, 3.63) is 17.0 Å². The maximum absolute atomic E-state index is 5.48. The number of aryl methyl sites for hydroxylation is 2. The molecule has 1 aromatic rings. The summed E-state index contributed by atoms with van der Waals surface area (Å²) in [6, 6.07) is 0. The molecule has 0 atom stereocenters. The van der Waals surface area contributed by atoms with Gasteiger partial charge >= 0.3 is 0 Å². The standard InChI is InChI=1S/C16H29N5OS/c1-13-15(14(2)19(3)18-13)12-20-7-9-21(10-8-20)16(23)17-6-5-11-22-4/h5-12H2,1-4H3,(H,17,23). The van der Waals surface area contributed by atoms with E-state index in [0.717, 1.165) is 63.1 Å². The van der Waals surface area contributed by atoms with Crippen molar-refractivity contribution >= 4 is 17.3 Å². The van der Waals surface area contributed by atoms with Crippen LogP contribution in [0.15, 0.2) is 0 Å². The van der Waals surface area contributed by atoms with Crippen LogP contribution in [0.1, 0.15) is 23.4 Å². The average Bonchev–Trinajstić information content (AvgIpc) is 2.78. The fourth-order valence-corrected chi connectivity index (χ4v) is 3.19. The van der Waals surface area contributed by atoms with Crippen molar-refractivity contribution in [2.75, 3.05) is 46.4 Å². The molecule has 1 aliphatic rings. The lowest BCUT2D eigenvalue weighted by molar-refractivity contribution is 0.173. The molecule has 0 saturated carbocycles. The van der Waals surface area contributed by atoms with Crippen molar-refractivity contribution in [2.24, 2.45) is 7.05 Å². The summed E-state index contributed by atoms with van der Waals surface area (Å²) in [5.74, 6) is 0. The van der Waals surface area contributed by atoms with E-state index in [9.17, 15) is 0 Å². The van der Waals surface area contributed by atoms with Crippen molar-refractivity contribution in [3.8, 4) is 0 Å². The Morgan fingerprint density at radius 1 is 1.26 bits per heavy atom. The van der Waals surface area contributed by atoms with Crippen molar-refractivity contribution in [1.29, 1.82) is 0 Å². The molecule has 7 heteroatoms. The smallest absolute Gasteiger partial charge is 0.169 e. The largest absolute Gasteiger partial charge is 0.385 e. The molecule has 130 valence electrons. The second-order valence-electron chi connectivity index (χ2n) is 6.11. The van der Waals surface area contributed by atoms with Gasteiger partial charge in [-0.05, 0) is 32.5 Å². The third kappa shape index (κ3) is 4.89. The van der Waals surface area contributed by atoms with Crippen molar-refractivity contribution < 1.29 is 4.74 Å². The highest BCUT2D eigenvalue weighted by Gasteiger charge is 2.20. The molecule has 1 aliphatic heterocycles. The maximum Gasteiger partial charge on any atom is 0.169 e. The van der Waals surface area contributed by atoms with Crippen LogP contribution in [-0.4, -0.2) is 71.1 Å². The van der Waals surface area contributed by atoms with Gasteiger partial charge in [-0.2, -0.15) is 5.10 Å². The van der Waals surface area contributed by atoms with E-state index in [1.165, 1.54) is 11.3 Å². The molecule has 0 radical (unpaired) electrons. The highest BCUT2D eigenvalue weighted by molar-refractivity contribution is 7.80. The van der Waals surface area contributed by atoms with E-state index in [0.29, 0.717) is 0 Å². The average molecular weight is 340 g/mol. The van der Waals surface area contributed by atoms with Gasteiger partial charge in [-0.3, -0.25) is 9.58 Å². The van der Waals surface area contributed by atoms with Gasteiger partial charge in [0, 0.05) is 71.3 Å². The molecule has 0 spiro atoms. The lowest BCUT2D eigenvalue weighted by atomic mass is 10.1. The molecule has 1 aromatic heterocycles. The summed E-state index contributed by atoms with van der Waals surface area (Å²) >= 11 is 5.48. The van der Waals surface area contributed by atoms with E-state index in [-0.39, 0.29) is 0 Å². The number of thiocarbonyl (C=S) groups is 1. The molecule has 1 N–H and O–H groups in total. The zero-order valence-corrected chi connectivity index (χ0v) is 15.6. The zero-order valence-electron chi connectivity index (χ0n) is 14.8. The first-order valence-corrected chi connectivity index (χ1v) is 8.67. The van der Waals surface area contributed by atoms with Gasteiger partial charge in [0.2, 0.25) is 0 Å². The first kappa shape index (κ1) is 18.2. The molecule has 0 unspecified atom stereocenters. The second kappa shape index (κ2) is 8.61. The quantitative estimate of drug-likeness (QED) is 0.618. The fourth-order valence-electron chi connectivity index (χ4n) is 2.90. The number of aromatic nitrogens is 2. The normalized spacial score (nSPS) is 15.9. The minimum Gasteiger partial charge on any atom is -0.385 e. The molecule has 0 bridgehead atoms. The molecule has 2 rings (SSSR count). The van der Waals surface area contributed by atoms with E-state index < -0.39 is 0 Å². The van der Waals surface area contributed by atoms with Crippen molar-refractivity contribution in [3.63, 3.8) is 0 Å². The Kier molecular flexibility index (Phi) is 6.80. The Hall–Kier alpha value is -1.18. The van der Waals surface area contributed by atoms with Crippen molar-refractivity contribution in [1.82, 2.24) is 24.9 Å². The van der Waals surface area contributed by atoms with Gasteiger partial charge in [0.1, 0.15) is 0 Å². The molecular formula is C16H29N5OS. The molecule has 1 fully saturated rings. The fraction of sp³-hybridized carbons (Fsp3) is 0.750. The molecule has 1 saturated heterocycles. The number of hydrogen-bond acceptors (Lipinski definition) is 4. The van der Waals surface area contributed by atoms with E-state index in [1.807, 2.05) is 11.7 Å². The summed E-state index contributed by atoms with van der Waals surface area (Å²) in [5.41, 5.74) is 3.77. The highest BCUT2D eigenvalue weighted by atomic mass is 32.1. The summed E-state index contributed by atoms with van der Waals surface area (Å²) in [7, 11) is 3.74. The number of methoxy groups -OCH3 is 1. The van der Waals surface area contributed by atoms with Crippen LogP contribution in [0.4, 0.5) is 0 Å². The molecule has 0 aromatic carbocycles.